The molecule has 0 aliphatic heterocycles. The quantitative estimate of drug-likeness (QED) is 0.313. The number of ether oxygens (including phenoxy) is 2. The molecule has 1 atom stereocenters. The number of aromatic nitrogens is 3. The number of nitrogens with zero attached hydrogens (tertiary/aromatic N) is 4. The SMILES string of the molecule is Cc1cccc(COc2ccc(Nc3ncnc4cccc(O[C@H](C)CN(C)C(=O)CO)c34)cc2Cl)n1. The predicted octanol–water partition coefficient (Wildman–Crippen LogP) is 4.53. The van der Waals surface area contributed by atoms with Gasteiger partial charge in [0.05, 0.1) is 28.2 Å². The molecule has 2 heterocycles. The van der Waals surface area contributed by atoms with Crippen LogP contribution < -0.4 is 14.8 Å². The van der Waals surface area contributed by atoms with Crippen LogP contribution in [-0.4, -0.2) is 57.2 Å². The van der Waals surface area contributed by atoms with E-state index >= 15 is 0 Å². The van der Waals surface area contributed by atoms with Gasteiger partial charge >= 0.3 is 0 Å². The molecule has 9 nitrogen and oxygen atoms in total. The Kier molecular flexibility index (Phi) is 8.37. The lowest BCUT2D eigenvalue weighted by atomic mass is 10.2. The molecular formula is C27H28ClN5O4. The second-order valence-electron chi connectivity index (χ2n) is 8.56. The molecule has 2 N–H and O–H groups in total. The summed E-state index contributed by atoms with van der Waals surface area (Å²) in [5.74, 6) is 1.27. The Labute approximate surface area is 220 Å². The molecule has 0 spiro atoms. The molecule has 0 saturated carbocycles. The van der Waals surface area contributed by atoms with Crippen LogP contribution in [0, 0.1) is 6.92 Å². The second kappa shape index (κ2) is 11.9. The summed E-state index contributed by atoms with van der Waals surface area (Å²) < 4.78 is 12.0. The number of carbonyl (C=O) groups excluding carboxylic acids is 1. The summed E-state index contributed by atoms with van der Waals surface area (Å²) in [5, 5.41) is 13.5. The number of benzene rings is 2. The first-order chi connectivity index (χ1) is 17.8. The zero-order valence-electron chi connectivity index (χ0n) is 20.8. The van der Waals surface area contributed by atoms with E-state index < -0.39 is 6.61 Å². The number of anilines is 2. The monoisotopic (exact) mass is 521 g/mol. The van der Waals surface area contributed by atoms with Gasteiger partial charge in [-0.1, -0.05) is 23.7 Å². The molecular weight excluding hydrogens is 494 g/mol. The molecule has 4 aromatic rings. The first-order valence-electron chi connectivity index (χ1n) is 11.7. The standard InChI is InChI=1S/C27H28ClN5O4/c1-17-6-4-7-20(31-17)15-36-23-11-10-19(12-21(23)28)32-27-26-22(29-16-30-27)8-5-9-24(26)37-18(2)13-33(3)25(35)14-34/h4-12,16,18,34H,13-15H2,1-3H3,(H,29,30,32)/t18-/m1/s1. The van der Waals surface area contributed by atoms with Crippen molar-refractivity contribution in [3.8, 4) is 11.5 Å². The Morgan fingerprint density at radius 3 is 2.70 bits per heavy atom. The molecule has 0 fully saturated rings. The number of rotatable bonds is 10. The van der Waals surface area contributed by atoms with Gasteiger partial charge in [-0.3, -0.25) is 9.78 Å². The molecule has 0 unspecified atom stereocenters. The van der Waals surface area contributed by atoms with Gasteiger partial charge in [-0.15, -0.1) is 0 Å². The fraction of sp³-hybridized carbons (Fsp3) is 0.259. The number of aryl methyl sites for hydroxylation is 1. The lowest BCUT2D eigenvalue weighted by molar-refractivity contribution is -0.133. The maximum absolute atomic E-state index is 11.7. The van der Waals surface area contributed by atoms with E-state index in [1.165, 1.54) is 11.2 Å². The molecule has 0 aliphatic carbocycles. The van der Waals surface area contributed by atoms with Crippen molar-refractivity contribution in [2.75, 3.05) is 25.5 Å². The van der Waals surface area contributed by atoms with Gasteiger partial charge in [0.1, 0.15) is 43.0 Å². The van der Waals surface area contributed by atoms with Crippen molar-refractivity contribution in [1.82, 2.24) is 19.9 Å². The summed E-state index contributed by atoms with van der Waals surface area (Å²) in [7, 11) is 1.62. The first kappa shape index (κ1) is 26.1. The van der Waals surface area contributed by atoms with Crippen molar-refractivity contribution in [3.05, 3.63) is 77.3 Å². The maximum atomic E-state index is 11.7. The second-order valence-corrected chi connectivity index (χ2v) is 8.97. The lowest BCUT2D eigenvalue weighted by Gasteiger charge is -2.23. The van der Waals surface area contributed by atoms with Crippen LogP contribution in [-0.2, 0) is 11.4 Å². The Morgan fingerprint density at radius 2 is 1.95 bits per heavy atom. The Hall–Kier alpha value is -3.95. The molecule has 0 radical (unpaired) electrons. The van der Waals surface area contributed by atoms with E-state index in [0.29, 0.717) is 52.1 Å². The summed E-state index contributed by atoms with van der Waals surface area (Å²) in [6.45, 7) is 3.85. The van der Waals surface area contributed by atoms with Crippen LogP contribution in [0.4, 0.5) is 11.5 Å². The highest BCUT2D eigenvalue weighted by atomic mass is 35.5. The lowest BCUT2D eigenvalue weighted by Crippen LogP contribution is -2.37. The first-order valence-corrected chi connectivity index (χ1v) is 12.1. The molecule has 0 aliphatic rings. The summed E-state index contributed by atoms with van der Waals surface area (Å²) in [5.41, 5.74) is 3.15. The van der Waals surface area contributed by atoms with E-state index in [9.17, 15) is 4.79 Å². The van der Waals surface area contributed by atoms with Crippen molar-refractivity contribution >= 4 is 39.9 Å². The molecule has 4 rings (SSSR count). The molecule has 1 amide bonds. The summed E-state index contributed by atoms with van der Waals surface area (Å²) in [6.07, 6.45) is 1.13. The smallest absolute Gasteiger partial charge is 0.248 e. The highest BCUT2D eigenvalue weighted by Crippen LogP contribution is 2.34. The van der Waals surface area contributed by atoms with Gasteiger partial charge in [-0.05, 0) is 56.3 Å². The van der Waals surface area contributed by atoms with Crippen LogP contribution >= 0.6 is 11.6 Å². The zero-order valence-corrected chi connectivity index (χ0v) is 21.6. The van der Waals surface area contributed by atoms with Gasteiger partial charge in [0.25, 0.3) is 0 Å². The van der Waals surface area contributed by atoms with E-state index in [2.05, 4.69) is 20.3 Å². The number of aliphatic hydroxyl groups excluding tert-OH is 1. The van der Waals surface area contributed by atoms with Crippen molar-refractivity contribution in [1.29, 1.82) is 0 Å². The van der Waals surface area contributed by atoms with Gasteiger partial charge in [0.2, 0.25) is 5.91 Å². The van der Waals surface area contributed by atoms with Crippen LogP contribution in [0.2, 0.25) is 5.02 Å². The normalized spacial score (nSPS) is 11.7. The minimum Gasteiger partial charge on any atom is -0.488 e. The van der Waals surface area contributed by atoms with E-state index in [-0.39, 0.29) is 12.0 Å². The average molecular weight is 522 g/mol. The van der Waals surface area contributed by atoms with Crippen LogP contribution in [0.15, 0.2) is 60.9 Å². The van der Waals surface area contributed by atoms with Gasteiger partial charge in [0.15, 0.2) is 0 Å². The van der Waals surface area contributed by atoms with Crippen LogP contribution in [0.3, 0.4) is 0 Å². The van der Waals surface area contributed by atoms with Crippen LogP contribution in [0.5, 0.6) is 11.5 Å². The van der Waals surface area contributed by atoms with Crippen LogP contribution in [0.1, 0.15) is 18.3 Å². The van der Waals surface area contributed by atoms with Crippen molar-refractivity contribution in [2.45, 2.75) is 26.6 Å². The molecule has 0 bridgehead atoms. The fourth-order valence-electron chi connectivity index (χ4n) is 3.80. The largest absolute Gasteiger partial charge is 0.488 e. The minimum atomic E-state index is -0.547. The number of aliphatic hydroxyl groups is 1. The van der Waals surface area contributed by atoms with Crippen molar-refractivity contribution in [2.24, 2.45) is 0 Å². The van der Waals surface area contributed by atoms with Gasteiger partial charge in [-0.2, -0.15) is 0 Å². The number of carbonyl (C=O) groups is 1. The third-order valence-corrected chi connectivity index (χ3v) is 5.86. The third-order valence-electron chi connectivity index (χ3n) is 5.56. The van der Waals surface area contributed by atoms with Gasteiger partial charge < -0.3 is 24.8 Å². The Bertz CT molecular complexity index is 1400. The molecule has 2 aromatic heterocycles. The molecule has 192 valence electrons. The number of likely N-dealkylation sites (N-methyl/N-ethyl adjacent to an activating group) is 1. The fourth-order valence-corrected chi connectivity index (χ4v) is 4.03. The number of pyridine rings is 1. The third kappa shape index (κ3) is 6.63. The van der Waals surface area contributed by atoms with Gasteiger partial charge in [0, 0.05) is 18.4 Å². The highest BCUT2D eigenvalue weighted by molar-refractivity contribution is 6.32. The Morgan fingerprint density at radius 1 is 1.14 bits per heavy atom. The number of hydrogen-bond acceptors (Lipinski definition) is 8. The number of fused-ring (bicyclic) bond motifs is 1. The highest BCUT2D eigenvalue weighted by Gasteiger charge is 2.16. The number of halogens is 1. The Balaban J connectivity index is 1.52. The van der Waals surface area contributed by atoms with E-state index in [1.54, 1.807) is 19.2 Å². The van der Waals surface area contributed by atoms with Crippen molar-refractivity contribution in [3.63, 3.8) is 0 Å². The maximum Gasteiger partial charge on any atom is 0.248 e. The zero-order chi connectivity index (χ0) is 26.4. The summed E-state index contributed by atoms with van der Waals surface area (Å²) in [6, 6.07) is 16.7. The van der Waals surface area contributed by atoms with Crippen molar-refractivity contribution < 1.29 is 19.4 Å². The summed E-state index contributed by atoms with van der Waals surface area (Å²) in [4.78, 5) is 26.4. The summed E-state index contributed by atoms with van der Waals surface area (Å²) >= 11 is 6.50. The number of nitrogens with one attached hydrogen (secondary N) is 1. The molecule has 2 aromatic carbocycles. The van der Waals surface area contributed by atoms with Crippen LogP contribution in [0.25, 0.3) is 10.9 Å². The topological polar surface area (TPSA) is 110 Å². The average Bonchev–Trinajstić information content (AvgIpc) is 2.88. The predicted molar refractivity (Wildman–Crippen MR) is 142 cm³/mol. The molecule has 0 saturated heterocycles. The van der Waals surface area contributed by atoms with Gasteiger partial charge in [-0.25, -0.2) is 9.97 Å². The van der Waals surface area contributed by atoms with E-state index in [0.717, 1.165) is 11.4 Å². The number of amides is 1. The molecule has 10 heteroatoms. The minimum absolute atomic E-state index is 0.307. The molecule has 37 heavy (non-hydrogen) atoms. The van der Waals surface area contributed by atoms with E-state index in [1.807, 2.05) is 56.3 Å². The van der Waals surface area contributed by atoms with E-state index in [4.69, 9.17) is 26.2 Å². The number of hydrogen-bond donors (Lipinski definition) is 2.